The normalized spacial score (nSPS) is 16.9. The lowest BCUT2D eigenvalue weighted by Crippen LogP contribution is -2.34. The number of piperidine rings is 1. The Morgan fingerprint density at radius 3 is 2.68 bits per heavy atom. The Balaban J connectivity index is 1.10. The third-order valence-electron chi connectivity index (χ3n) is 8.11. The minimum Gasteiger partial charge on any atom is -0.508 e. The Labute approximate surface area is 220 Å². The molecule has 38 heavy (non-hydrogen) atoms. The summed E-state index contributed by atoms with van der Waals surface area (Å²) in [5.41, 5.74) is 2.91. The van der Waals surface area contributed by atoms with Crippen molar-refractivity contribution in [3.8, 4) is 5.75 Å². The zero-order valence-electron chi connectivity index (χ0n) is 21.4. The van der Waals surface area contributed by atoms with Crippen LogP contribution in [0.15, 0.2) is 36.5 Å². The van der Waals surface area contributed by atoms with Crippen LogP contribution in [0.25, 0.3) is 10.9 Å². The summed E-state index contributed by atoms with van der Waals surface area (Å²) in [5, 5.41) is 28.6. The lowest BCUT2D eigenvalue weighted by atomic mass is 9.91. The summed E-state index contributed by atoms with van der Waals surface area (Å²) >= 11 is 0. The second kappa shape index (κ2) is 10.9. The van der Waals surface area contributed by atoms with Crippen molar-refractivity contribution in [2.45, 2.75) is 63.7 Å². The van der Waals surface area contributed by atoms with E-state index in [1.165, 1.54) is 18.9 Å². The number of aryl methyl sites for hydroxylation is 1. The molecular weight excluding hydrogens is 483 g/mol. The van der Waals surface area contributed by atoms with E-state index in [2.05, 4.69) is 35.8 Å². The van der Waals surface area contributed by atoms with Gasteiger partial charge in [-0.3, -0.25) is 0 Å². The van der Waals surface area contributed by atoms with Crippen molar-refractivity contribution in [1.29, 1.82) is 0 Å². The largest absolute Gasteiger partial charge is 0.508 e. The number of phenols is 1. The number of aromatic nitrogens is 6. The molecule has 2 fully saturated rings. The van der Waals surface area contributed by atoms with Gasteiger partial charge in [-0.25, -0.2) is 19.5 Å². The number of halogens is 1. The van der Waals surface area contributed by atoms with Crippen LogP contribution >= 0.6 is 0 Å². The van der Waals surface area contributed by atoms with Crippen LogP contribution in [-0.4, -0.2) is 48.8 Å². The van der Waals surface area contributed by atoms with E-state index in [4.69, 9.17) is 4.98 Å². The van der Waals surface area contributed by atoms with Gasteiger partial charge in [-0.2, -0.15) is 0 Å². The Hall–Kier alpha value is -3.82. The number of hydrogen-bond acceptors (Lipinski definition) is 8. The van der Waals surface area contributed by atoms with Gasteiger partial charge in [0.2, 0.25) is 5.95 Å². The summed E-state index contributed by atoms with van der Waals surface area (Å²) in [6.07, 6.45) is 11.4. The number of nitrogens with one attached hydrogen (secondary N) is 2. The van der Waals surface area contributed by atoms with E-state index in [9.17, 15) is 5.11 Å². The molecule has 3 heterocycles. The summed E-state index contributed by atoms with van der Waals surface area (Å²) in [6, 6.07) is 8.81. The number of hydrogen-bond donors (Lipinski definition) is 3. The molecule has 2 aromatic heterocycles. The average molecular weight is 517 g/mol. The second-order valence-electron chi connectivity index (χ2n) is 10.6. The van der Waals surface area contributed by atoms with Crippen LogP contribution < -0.4 is 10.2 Å². The molecule has 198 valence electrons. The Bertz CT molecular complexity index is 1380. The van der Waals surface area contributed by atoms with Crippen LogP contribution in [0, 0.1) is 11.7 Å². The van der Waals surface area contributed by atoms with E-state index in [0.717, 1.165) is 80.3 Å². The van der Waals surface area contributed by atoms with Gasteiger partial charge in [0.25, 0.3) is 0 Å². The number of phenolic OH excluding ortho intramolecular Hbond substituents is 1. The van der Waals surface area contributed by atoms with Gasteiger partial charge in [0.15, 0.2) is 0 Å². The van der Waals surface area contributed by atoms with Crippen molar-refractivity contribution >= 4 is 28.2 Å². The van der Waals surface area contributed by atoms with E-state index in [-0.39, 0.29) is 5.82 Å². The van der Waals surface area contributed by atoms with Crippen LogP contribution in [-0.2, 0) is 6.42 Å². The Kier molecular flexibility index (Phi) is 7.02. The zero-order chi connectivity index (χ0) is 25.9. The van der Waals surface area contributed by atoms with Gasteiger partial charge >= 0.3 is 0 Å². The lowest BCUT2D eigenvalue weighted by Gasteiger charge is -2.34. The molecule has 4 aromatic rings. The summed E-state index contributed by atoms with van der Waals surface area (Å²) in [5.74, 6) is 2.23. The second-order valence-corrected chi connectivity index (χ2v) is 10.6. The summed E-state index contributed by atoms with van der Waals surface area (Å²) < 4.78 is 15.2. The molecule has 0 spiro atoms. The smallest absolute Gasteiger partial charge is 0.227 e. The molecule has 1 aliphatic carbocycles. The summed E-state index contributed by atoms with van der Waals surface area (Å²) in [4.78, 5) is 11.3. The predicted molar refractivity (Wildman–Crippen MR) is 144 cm³/mol. The van der Waals surface area contributed by atoms with Crippen molar-refractivity contribution in [1.82, 2.24) is 30.6 Å². The van der Waals surface area contributed by atoms with Crippen molar-refractivity contribution < 1.29 is 9.50 Å². The first-order valence-electron chi connectivity index (χ1n) is 13.7. The number of anilines is 3. The number of fused-ring (bicyclic) bond motifs is 1. The van der Waals surface area contributed by atoms with Crippen molar-refractivity contribution in [3.05, 3.63) is 53.7 Å². The fourth-order valence-electron chi connectivity index (χ4n) is 6.06. The first-order chi connectivity index (χ1) is 18.6. The minimum atomic E-state index is -0.253. The topological polar surface area (TPSA) is 116 Å². The van der Waals surface area contributed by atoms with Crippen LogP contribution in [0.1, 0.15) is 68.7 Å². The molecule has 3 N–H and O–H groups in total. The molecule has 0 atom stereocenters. The standard InChI is InChI=1S/C28H33FN8O/c29-22-16-21(9-10-23(22)37-14-12-18(13-15-37)4-3-7-25-33-35-36-34-25)31-28-30-17-20-8-11-24(38)26(27(20)32-28)19-5-1-2-6-19/h8-11,16-19,38H,1-7,12-15H2,(H,30,31,32)(H,33,34,35,36). The molecule has 6 rings (SSSR count). The van der Waals surface area contributed by atoms with E-state index >= 15 is 4.39 Å². The fourth-order valence-corrected chi connectivity index (χ4v) is 6.06. The SMILES string of the molecule is Oc1ccc2cnc(Nc3ccc(N4CCC(CCCc5nnn[nH]5)CC4)c(F)c3)nc2c1C1CCCC1. The summed E-state index contributed by atoms with van der Waals surface area (Å²) in [6.45, 7) is 1.69. The molecule has 0 bridgehead atoms. The molecule has 1 saturated carbocycles. The highest BCUT2D eigenvalue weighted by Gasteiger charge is 2.24. The van der Waals surface area contributed by atoms with E-state index < -0.39 is 0 Å². The number of tetrazole rings is 1. The van der Waals surface area contributed by atoms with Gasteiger partial charge in [0, 0.05) is 42.3 Å². The first-order valence-corrected chi connectivity index (χ1v) is 13.7. The highest BCUT2D eigenvalue weighted by atomic mass is 19.1. The molecule has 9 nitrogen and oxygen atoms in total. The molecule has 2 aliphatic rings. The van der Waals surface area contributed by atoms with Crippen molar-refractivity contribution in [3.63, 3.8) is 0 Å². The number of benzene rings is 2. The molecule has 1 aliphatic heterocycles. The maximum Gasteiger partial charge on any atom is 0.227 e. The van der Waals surface area contributed by atoms with E-state index in [1.54, 1.807) is 12.3 Å². The molecule has 2 aromatic carbocycles. The average Bonchev–Trinajstić information content (AvgIpc) is 3.64. The van der Waals surface area contributed by atoms with Gasteiger partial charge in [-0.05, 0) is 91.1 Å². The fraction of sp³-hybridized carbons (Fsp3) is 0.464. The molecular formula is C28H33FN8O. The lowest BCUT2D eigenvalue weighted by molar-refractivity contribution is 0.370. The van der Waals surface area contributed by atoms with Crippen molar-refractivity contribution in [2.75, 3.05) is 23.3 Å². The van der Waals surface area contributed by atoms with Crippen molar-refractivity contribution in [2.24, 2.45) is 5.92 Å². The van der Waals surface area contributed by atoms with Gasteiger partial charge < -0.3 is 15.3 Å². The van der Waals surface area contributed by atoms with Gasteiger partial charge in [0.05, 0.1) is 11.2 Å². The highest BCUT2D eigenvalue weighted by Crippen LogP contribution is 2.41. The number of aromatic amines is 1. The van der Waals surface area contributed by atoms with Crippen LogP contribution in [0.4, 0.5) is 21.7 Å². The maximum absolute atomic E-state index is 15.2. The Morgan fingerprint density at radius 1 is 1.08 bits per heavy atom. The number of nitrogens with zero attached hydrogens (tertiary/aromatic N) is 6. The predicted octanol–water partition coefficient (Wildman–Crippen LogP) is 5.63. The molecule has 0 radical (unpaired) electrons. The Morgan fingerprint density at radius 2 is 1.92 bits per heavy atom. The number of aromatic hydroxyl groups is 1. The zero-order valence-corrected chi connectivity index (χ0v) is 21.4. The van der Waals surface area contributed by atoms with Crippen LogP contribution in [0.2, 0.25) is 0 Å². The third kappa shape index (κ3) is 5.25. The summed E-state index contributed by atoms with van der Waals surface area (Å²) in [7, 11) is 0. The number of rotatable bonds is 8. The van der Waals surface area contributed by atoms with Crippen LogP contribution in [0.3, 0.4) is 0 Å². The van der Waals surface area contributed by atoms with Crippen LogP contribution in [0.5, 0.6) is 5.75 Å². The maximum atomic E-state index is 15.2. The molecule has 1 saturated heterocycles. The van der Waals surface area contributed by atoms with E-state index in [1.807, 2.05) is 18.2 Å². The van der Waals surface area contributed by atoms with Gasteiger partial charge in [-0.15, -0.1) is 5.10 Å². The van der Waals surface area contributed by atoms with E-state index in [0.29, 0.717) is 34.9 Å². The number of H-pyrrole nitrogens is 1. The monoisotopic (exact) mass is 516 g/mol. The molecule has 0 amide bonds. The minimum absolute atomic E-state index is 0.253. The molecule has 0 unspecified atom stereocenters. The molecule has 10 heteroatoms. The van der Waals surface area contributed by atoms with Gasteiger partial charge in [0.1, 0.15) is 17.4 Å². The highest BCUT2D eigenvalue weighted by molar-refractivity contribution is 5.85. The van der Waals surface area contributed by atoms with Gasteiger partial charge in [-0.1, -0.05) is 12.8 Å². The first kappa shape index (κ1) is 24.5. The quantitative estimate of drug-likeness (QED) is 0.276. The third-order valence-corrected chi connectivity index (χ3v) is 8.11.